The number of ether oxygens (including phenoxy) is 2. The Hall–Kier alpha value is -3.11. The highest BCUT2D eigenvalue weighted by Gasteiger charge is 2.36. The summed E-state index contributed by atoms with van der Waals surface area (Å²) in [6.45, 7) is 4.61. The van der Waals surface area contributed by atoms with Gasteiger partial charge in [0.25, 0.3) is 0 Å². The van der Waals surface area contributed by atoms with Crippen LogP contribution in [0, 0.1) is 0 Å². The maximum atomic E-state index is 13.5. The molecule has 32 heavy (non-hydrogen) atoms. The molecular formula is C28H31NO3. The molecule has 0 saturated carbocycles. The lowest BCUT2D eigenvalue weighted by Gasteiger charge is -2.38. The Morgan fingerprint density at radius 2 is 1.47 bits per heavy atom. The van der Waals surface area contributed by atoms with Gasteiger partial charge < -0.3 is 14.8 Å². The molecule has 1 aliphatic heterocycles. The molecule has 1 saturated heterocycles. The number of nitrogens with one attached hydrogen (secondary N) is 1. The molecule has 1 aliphatic rings. The number of rotatable bonds is 8. The monoisotopic (exact) mass is 429 g/mol. The normalized spacial score (nSPS) is 15.3. The van der Waals surface area contributed by atoms with Gasteiger partial charge in [0.15, 0.2) is 0 Å². The fourth-order valence-electron chi connectivity index (χ4n) is 4.55. The van der Waals surface area contributed by atoms with Crippen LogP contribution >= 0.6 is 0 Å². The molecule has 4 nitrogen and oxygen atoms in total. The maximum absolute atomic E-state index is 13.5. The fraction of sp³-hybridized carbons (Fsp3) is 0.321. The summed E-state index contributed by atoms with van der Waals surface area (Å²) in [7, 11) is 0. The molecule has 1 N–H and O–H groups in total. The van der Waals surface area contributed by atoms with Crippen molar-refractivity contribution in [3.63, 3.8) is 0 Å². The Morgan fingerprint density at radius 3 is 2.00 bits per heavy atom. The predicted octanol–water partition coefficient (Wildman–Crippen LogP) is 5.08. The zero-order valence-electron chi connectivity index (χ0n) is 18.6. The number of amides is 1. The highest BCUT2D eigenvalue weighted by molar-refractivity contribution is 5.87. The Labute approximate surface area is 190 Å². The van der Waals surface area contributed by atoms with Crippen molar-refractivity contribution in [1.82, 2.24) is 5.32 Å². The Balaban J connectivity index is 1.57. The molecule has 3 aromatic rings. The summed E-state index contributed by atoms with van der Waals surface area (Å²) in [6, 6.07) is 28.3. The Bertz CT molecular complexity index is 941. The van der Waals surface area contributed by atoms with Gasteiger partial charge in [-0.1, -0.05) is 72.8 Å². The van der Waals surface area contributed by atoms with Gasteiger partial charge >= 0.3 is 0 Å². The number of hydrogen-bond acceptors (Lipinski definition) is 3. The van der Waals surface area contributed by atoms with E-state index in [2.05, 4.69) is 17.4 Å². The van der Waals surface area contributed by atoms with Crippen LogP contribution in [0.15, 0.2) is 84.9 Å². The molecule has 1 fully saturated rings. The topological polar surface area (TPSA) is 47.6 Å². The first-order chi connectivity index (χ1) is 15.7. The summed E-state index contributed by atoms with van der Waals surface area (Å²) in [4.78, 5) is 13.5. The molecule has 0 aromatic heterocycles. The molecule has 4 rings (SSSR count). The SMILES string of the molecule is CCOc1ccc(C2(CNC(=O)C(c3ccccc3)c3ccccc3)CCOCC2)cc1. The maximum Gasteiger partial charge on any atom is 0.232 e. The zero-order valence-corrected chi connectivity index (χ0v) is 18.6. The van der Waals surface area contributed by atoms with Crippen molar-refractivity contribution in [1.29, 1.82) is 0 Å². The van der Waals surface area contributed by atoms with Gasteiger partial charge in [-0.3, -0.25) is 4.79 Å². The average Bonchev–Trinajstić information content (AvgIpc) is 2.85. The molecule has 0 bridgehead atoms. The Morgan fingerprint density at radius 1 is 0.906 bits per heavy atom. The van der Waals surface area contributed by atoms with Crippen molar-refractivity contribution in [3.8, 4) is 5.75 Å². The van der Waals surface area contributed by atoms with E-state index in [-0.39, 0.29) is 17.2 Å². The van der Waals surface area contributed by atoms with Crippen LogP contribution in [-0.2, 0) is 14.9 Å². The molecule has 1 amide bonds. The van der Waals surface area contributed by atoms with Crippen LogP contribution in [0.2, 0.25) is 0 Å². The third kappa shape index (κ3) is 5.03. The summed E-state index contributed by atoms with van der Waals surface area (Å²) >= 11 is 0. The number of hydrogen-bond donors (Lipinski definition) is 1. The van der Waals surface area contributed by atoms with Crippen molar-refractivity contribution in [2.45, 2.75) is 31.1 Å². The quantitative estimate of drug-likeness (QED) is 0.543. The smallest absolute Gasteiger partial charge is 0.232 e. The lowest BCUT2D eigenvalue weighted by molar-refractivity contribution is -0.122. The molecule has 0 spiro atoms. The van der Waals surface area contributed by atoms with Gasteiger partial charge in [0, 0.05) is 25.2 Å². The molecule has 1 heterocycles. The molecule has 0 atom stereocenters. The van der Waals surface area contributed by atoms with E-state index in [9.17, 15) is 4.79 Å². The average molecular weight is 430 g/mol. The van der Waals surface area contributed by atoms with Gasteiger partial charge in [-0.25, -0.2) is 0 Å². The van der Waals surface area contributed by atoms with Gasteiger partial charge in [0.05, 0.1) is 12.5 Å². The van der Waals surface area contributed by atoms with E-state index in [0.717, 1.165) is 29.7 Å². The van der Waals surface area contributed by atoms with E-state index in [1.165, 1.54) is 5.56 Å². The largest absolute Gasteiger partial charge is 0.494 e. The Kier molecular flexibility index (Phi) is 7.23. The van der Waals surface area contributed by atoms with Crippen molar-refractivity contribution in [3.05, 3.63) is 102 Å². The van der Waals surface area contributed by atoms with Gasteiger partial charge in [0.2, 0.25) is 5.91 Å². The molecule has 166 valence electrons. The van der Waals surface area contributed by atoms with Crippen LogP contribution in [0.4, 0.5) is 0 Å². The molecule has 0 unspecified atom stereocenters. The van der Waals surface area contributed by atoms with Crippen LogP contribution in [0.1, 0.15) is 42.4 Å². The minimum atomic E-state index is -0.338. The number of benzene rings is 3. The first-order valence-electron chi connectivity index (χ1n) is 11.4. The van der Waals surface area contributed by atoms with Crippen LogP contribution < -0.4 is 10.1 Å². The van der Waals surface area contributed by atoms with Crippen LogP contribution in [0.3, 0.4) is 0 Å². The standard InChI is InChI=1S/C28H31NO3/c1-2-32-25-15-13-24(14-16-25)28(17-19-31-20-18-28)21-29-27(30)26(22-9-5-3-6-10-22)23-11-7-4-8-12-23/h3-16,26H,2,17-21H2,1H3,(H,29,30). The van der Waals surface area contributed by atoms with Gasteiger partial charge in [-0.2, -0.15) is 0 Å². The summed E-state index contributed by atoms with van der Waals surface area (Å²) in [5, 5.41) is 3.30. The first kappa shape index (κ1) is 22.1. The van der Waals surface area contributed by atoms with E-state index < -0.39 is 0 Å². The molecular weight excluding hydrogens is 398 g/mol. The minimum Gasteiger partial charge on any atom is -0.494 e. The fourth-order valence-corrected chi connectivity index (χ4v) is 4.55. The van der Waals surface area contributed by atoms with Crippen molar-refractivity contribution < 1.29 is 14.3 Å². The number of carbonyl (C=O) groups is 1. The minimum absolute atomic E-state index is 0.0270. The van der Waals surface area contributed by atoms with Gasteiger partial charge in [-0.05, 0) is 48.6 Å². The molecule has 0 radical (unpaired) electrons. The van der Waals surface area contributed by atoms with E-state index in [4.69, 9.17) is 9.47 Å². The summed E-state index contributed by atoms with van der Waals surface area (Å²) in [6.07, 6.45) is 1.76. The summed E-state index contributed by atoms with van der Waals surface area (Å²) < 4.78 is 11.3. The zero-order chi connectivity index (χ0) is 22.2. The third-order valence-electron chi connectivity index (χ3n) is 6.36. The van der Waals surface area contributed by atoms with E-state index in [1.54, 1.807) is 0 Å². The summed E-state index contributed by atoms with van der Waals surface area (Å²) in [5.41, 5.74) is 3.08. The highest BCUT2D eigenvalue weighted by atomic mass is 16.5. The van der Waals surface area contributed by atoms with Crippen molar-refractivity contribution >= 4 is 5.91 Å². The van der Waals surface area contributed by atoms with Gasteiger partial charge in [-0.15, -0.1) is 0 Å². The lowest BCUT2D eigenvalue weighted by atomic mass is 9.74. The third-order valence-corrected chi connectivity index (χ3v) is 6.36. The van der Waals surface area contributed by atoms with E-state index in [1.807, 2.05) is 79.7 Å². The molecule has 0 aliphatic carbocycles. The van der Waals surface area contributed by atoms with Crippen LogP contribution in [-0.4, -0.2) is 32.3 Å². The van der Waals surface area contributed by atoms with Crippen molar-refractivity contribution in [2.24, 2.45) is 0 Å². The van der Waals surface area contributed by atoms with Crippen LogP contribution in [0.5, 0.6) is 5.75 Å². The summed E-state index contributed by atoms with van der Waals surface area (Å²) in [5.74, 6) is 0.560. The van der Waals surface area contributed by atoms with Crippen LogP contribution in [0.25, 0.3) is 0 Å². The second-order valence-corrected chi connectivity index (χ2v) is 8.32. The lowest BCUT2D eigenvalue weighted by Crippen LogP contribution is -2.45. The second kappa shape index (κ2) is 10.5. The molecule has 3 aromatic carbocycles. The van der Waals surface area contributed by atoms with Gasteiger partial charge in [0.1, 0.15) is 5.75 Å². The predicted molar refractivity (Wildman–Crippen MR) is 127 cm³/mol. The highest BCUT2D eigenvalue weighted by Crippen LogP contribution is 2.35. The molecule has 4 heteroatoms. The number of carbonyl (C=O) groups excluding carboxylic acids is 1. The van der Waals surface area contributed by atoms with E-state index >= 15 is 0 Å². The van der Waals surface area contributed by atoms with Crippen molar-refractivity contribution in [2.75, 3.05) is 26.4 Å². The second-order valence-electron chi connectivity index (χ2n) is 8.32. The van der Waals surface area contributed by atoms with E-state index in [0.29, 0.717) is 26.4 Å². The first-order valence-corrected chi connectivity index (χ1v) is 11.4.